The van der Waals surface area contributed by atoms with E-state index in [1.54, 1.807) is 7.11 Å². The molecule has 0 aromatic heterocycles. The van der Waals surface area contributed by atoms with Gasteiger partial charge in [-0.1, -0.05) is 36.4 Å². The Morgan fingerprint density at radius 1 is 0.329 bits per heavy atom. The van der Waals surface area contributed by atoms with E-state index in [0.717, 1.165) is 12.7 Å². The molecule has 0 bridgehead atoms. The van der Waals surface area contributed by atoms with Crippen LogP contribution >= 0.6 is 0 Å². The summed E-state index contributed by atoms with van der Waals surface area (Å²) in [6.45, 7) is 1.76. The van der Waals surface area contributed by atoms with E-state index in [4.69, 9.17) is 14.2 Å². The van der Waals surface area contributed by atoms with Gasteiger partial charge in [0.2, 0.25) is 0 Å². The van der Waals surface area contributed by atoms with Crippen molar-refractivity contribution in [2.75, 3.05) is 21.3 Å². The van der Waals surface area contributed by atoms with E-state index >= 15 is 0 Å². The minimum Gasteiger partial charge on any atom is -0.497 e. The lowest BCUT2D eigenvalue weighted by Crippen LogP contribution is -2.29. The van der Waals surface area contributed by atoms with E-state index in [2.05, 4.69) is 39.1 Å². The summed E-state index contributed by atoms with van der Waals surface area (Å²) < 4.78 is 367. The summed E-state index contributed by atoms with van der Waals surface area (Å²) in [5.41, 5.74) is -38.5. The molecule has 6 aromatic rings. The third-order valence-corrected chi connectivity index (χ3v) is 15.0. The van der Waals surface area contributed by atoms with Gasteiger partial charge in [-0.05, 0) is 66.4 Å². The van der Waals surface area contributed by atoms with Crippen LogP contribution in [0.2, 0.25) is 0 Å². The maximum Gasteiger partial charge on any atom is 0.534 e. The second kappa shape index (κ2) is 21.0. The van der Waals surface area contributed by atoms with Gasteiger partial charge in [-0.25, -0.2) is 0 Å². The summed E-state index contributed by atoms with van der Waals surface area (Å²) in [7, 11) is -33.2. The van der Waals surface area contributed by atoms with Gasteiger partial charge in [0.1, 0.15) is 17.2 Å². The molecule has 0 aliphatic carbocycles. The van der Waals surface area contributed by atoms with Crippen molar-refractivity contribution in [2.24, 2.45) is 0 Å². The second-order valence-electron chi connectivity index (χ2n) is 15.4. The molecule has 18 nitrogen and oxygen atoms in total. The highest BCUT2D eigenvalue weighted by atomic mass is 32.2. The van der Waals surface area contributed by atoms with Crippen LogP contribution in [0.5, 0.6) is 46.0 Å². The average Bonchev–Trinajstić information content (AvgIpc) is 3.31. The molecule has 0 aliphatic rings. The van der Waals surface area contributed by atoms with Crippen molar-refractivity contribution < 1.29 is 143 Å². The fourth-order valence-corrected chi connectivity index (χ4v) is 9.33. The predicted molar refractivity (Wildman–Crippen MR) is 243 cm³/mol. The van der Waals surface area contributed by atoms with E-state index < -0.39 is 168 Å². The van der Waals surface area contributed by atoms with Crippen LogP contribution in [0.4, 0.5) is 65.9 Å². The molecule has 0 N–H and O–H groups in total. The smallest absolute Gasteiger partial charge is 0.497 e. The number of aryl methyl sites for hydroxylation is 3. The predicted octanol–water partition coefficient (Wildman–Crippen LogP) is 10.6. The summed E-state index contributed by atoms with van der Waals surface area (Å²) in [5, 5.41) is -4.55. The first-order chi connectivity index (χ1) is 35.7. The molecule has 6 aromatic carbocycles. The Labute approximate surface area is 434 Å². The number of ether oxygens (including phenoxy) is 3. The highest BCUT2D eigenvalue weighted by Crippen LogP contribution is 2.58. The van der Waals surface area contributed by atoms with Crippen LogP contribution in [0, 0.1) is 20.8 Å². The molecule has 0 saturated heterocycles. The summed E-state index contributed by atoms with van der Waals surface area (Å²) in [5.74, 6) is -12.0. The van der Waals surface area contributed by atoms with Crippen molar-refractivity contribution in [3.8, 4) is 57.1 Å². The average molecular weight is 1250 g/mol. The van der Waals surface area contributed by atoms with Crippen LogP contribution in [0.3, 0.4) is 0 Å². The van der Waals surface area contributed by atoms with Crippen LogP contribution in [-0.4, -0.2) is 91.0 Å². The summed E-state index contributed by atoms with van der Waals surface area (Å²) in [6.07, 6.45) is 0. The van der Waals surface area contributed by atoms with Gasteiger partial charge in [0.25, 0.3) is 0 Å². The molecule has 0 fully saturated rings. The maximum atomic E-state index is 13.9. The number of alkyl halides is 15. The lowest BCUT2D eigenvalue weighted by molar-refractivity contribution is -0.0506. The van der Waals surface area contributed by atoms with E-state index in [0.29, 0.717) is 34.1 Å². The van der Waals surface area contributed by atoms with E-state index in [1.165, 1.54) is 10.8 Å². The van der Waals surface area contributed by atoms with Crippen molar-refractivity contribution in [2.45, 2.75) is 48.3 Å². The summed E-state index contributed by atoms with van der Waals surface area (Å²) >= 11 is 0. The van der Waals surface area contributed by atoms with Crippen molar-refractivity contribution in [1.82, 2.24) is 0 Å². The first kappa shape index (κ1) is 63.0. The molecular formula is C41H29F15O18S5. The number of rotatable bonds is 14. The molecule has 0 amide bonds. The Bertz CT molecular complexity index is 3990. The molecular weight excluding hydrogens is 1230 g/mol. The number of halogens is 15. The second-order valence-corrected chi connectivity index (χ2v) is 23.1. The SMILES string of the molecule is COc1cc(OS(=O)(=O)C(F)(F)F)c2c(OS(=O)(=O)C(F)(F)F)c(C)cc(C)c2c1-c1c(OC)cc(OS(=O)(=O)C(F)(F)F)c2c(OS(=O)(=O)C(F)(F)F)c(C)cc(OS(=O)(=O)C(F)(F)F)c12.COc1ccc2ccccc2c1. The fourth-order valence-electron chi connectivity index (χ4n) is 6.89. The van der Waals surface area contributed by atoms with E-state index in [9.17, 15) is 108 Å². The minimum atomic E-state index is -7.22. The van der Waals surface area contributed by atoms with Crippen molar-refractivity contribution >= 4 is 82.9 Å². The summed E-state index contributed by atoms with van der Waals surface area (Å²) in [4.78, 5) is 0. The van der Waals surface area contributed by atoms with Gasteiger partial charge in [-0.3, -0.25) is 0 Å². The molecule has 0 radical (unpaired) electrons. The summed E-state index contributed by atoms with van der Waals surface area (Å²) in [6, 6.07) is 14.5. The Balaban J connectivity index is 0.000000834. The van der Waals surface area contributed by atoms with E-state index in [1.807, 2.05) is 24.3 Å². The Morgan fingerprint density at radius 2 is 0.658 bits per heavy atom. The molecule has 38 heteroatoms. The maximum absolute atomic E-state index is 13.9. The first-order valence-corrected chi connectivity index (χ1v) is 27.1. The van der Waals surface area contributed by atoms with Gasteiger partial charge in [0, 0.05) is 34.0 Å². The quantitative estimate of drug-likeness (QED) is 0.0559. The molecule has 0 heterocycles. The fraction of sp³-hybridized carbons (Fsp3) is 0.268. The lowest BCUT2D eigenvalue weighted by atomic mass is 9.87. The van der Waals surface area contributed by atoms with Crippen molar-refractivity contribution in [1.29, 1.82) is 0 Å². The molecule has 436 valence electrons. The molecule has 0 atom stereocenters. The zero-order valence-corrected chi connectivity index (χ0v) is 43.5. The number of benzene rings is 6. The van der Waals surface area contributed by atoms with Crippen LogP contribution in [0.15, 0.2) is 66.7 Å². The normalized spacial score (nSPS) is 13.4. The molecule has 0 aliphatic heterocycles. The van der Waals surface area contributed by atoms with Crippen LogP contribution in [0.25, 0.3) is 43.4 Å². The Kier molecular flexibility index (Phi) is 16.8. The third-order valence-electron chi connectivity index (χ3n) is 10.2. The standard InChI is InChI=1S/C30H19F15O17S5.C11H10O/c1-10-6-11(2)24(61-66(52,53)29(40,41)42)22-16(59-64(48,49)27(34,35)36)8-13(56-4)19(18(10)22)20-14(57-5)9-17(60-65(50,51)28(37,38)39)23-21(20)15(58-63(46,47)26(31,32)33)7-12(3)25(23)62-67(54,55)30(43,44)45;1-12-11-7-6-9-4-2-3-5-10(9)8-11/h6-9H,1-5H3;2-8H,1H3. The van der Waals surface area contributed by atoms with Gasteiger partial charge < -0.3 is 35.1 Å². The zero-order valence-electron chi connectivity index (χ0n) is 39.4. The van der Waals surface area contributed by atoms with Gasteiger partial charge >= 0.3 is 78.1 Å². The number of hydrogen-bond donors (Lipinski definition) is 0. The Hall–Kier alpha value is -6.80. The Morgan fingerprint density at radius 3 is 1.03 bits per heavy atom. The van der Waals surface area contributed by atoms with E-state index in [-0.39, 0.29) is 18.2 Å². The molecule has 0 saturated carbocycles. The molecule has 0 spiro atoms. The van der Waals surface area contributed by atoms with Crippen molar-refractivity contribution in [3.05, 3.63) is 83.4 Å². The molecule has 0 unspecified atom stereocenters. The number of methoxy groups -OCH3 is 3. The van der Waals surface area contributed by atoms with Gasteiger partial charge in [0.05, 0.1) is 32.1 Å². The highest BCUT2D eigenvalue weighted by molar-refractivity contribution is 7.89. The lowest BCUT2D eigenvalue weighted by Gasteiger charge is -2.25. The third kappa shape index (κ3) is 12.5. The largest absolute Gasteiger partial charge is 0.534 e. The number of fused-ring (bicyclic) bond motifs is 3. The van der Waals surface area contributed by atoms with Crippen LogP contribution < -0.4 is 35.1 Å². The number of hydrogen-bond acceptors (Lipinski definition) is 18. The van der Waals surface area contributed by atoms with Crippen LogP contribution in [0.1, 0.15) is 16.7 Å². The highest BCUT2D eigenvalue weighted by Gasteiger charge is 2.54. The van der Waals surface area contributed by atoms with Crippen LogP contribution in [-0.2, 0) is 50.6 Å². The van der Waals surface area contributed by atoms with Gasteiger partial charge in [-0.15, -0.1) is 0 Å². The molecule has 6 rings (SSSR count). The molecule has 79 heavy (non-hydrogen) atoms. The van der Waals surface area contributed by atoms with Crippen molar-refractivity contribution in [3.63, 3.8) is 0 Å². The zero-order chi connectivity index (χ0) is 60.4. The first-order valence-electron chi connectivity index (χ1n) is 20.1. The monoisotopic (exact) mass is 1250 g/mol. The van der Waals surface area contributed by atoms with Gasteiger partial charge in [-0.2, -0.15) is 108 Å². The minimum absolute atomic E-state index is 0.0938. The van der Waals surface area contributed by atoms with Gasteiger partial charge in [0.15, 0.2) is 28.7 Å². The topological polar surface area (TPSA) is 245 Å².